The van der Waals surface area contributed by atoms with Crippen LogP contribution in [0, 0.1) is 11.3 Å². The Kier molecular flexibility index (Phi) is 2.18. The number of carbonyl (C=O) groups is 1. The summed E-state index contributed by atoms with van der Waals surface area (Å²) in [5, 5.41) is 17.7. The topological polar surface area (TPSA) is 92.4 Å². The zero-order valence-corrected chi connectivity index (χ0v) is 9.77. The second-order valence-corrected chi connectivity index (χ2v) is 4.70. The predicted octanol–water partition coefficient (Wildman–Crippen LogP) is -0.0439. The van der Waals surface area contributed by atoms with E-state index in [0.717, 1.165) is 0 Å². The molecule has 0 aromatic carbocycles. The van der Waals surface area contributed by atoms with Crippen LogP contribution in [0.3, 0.4) is 0 Å². The molecule has 0 spiro atoms. The molecule has 18 heavy (non-hydrogen) atoms. The Morgan fingerprint density at radius 1 is 1.50 bits per heavy atom. The van der Waals surface area contributed by atoms with Crippen molar-refractivity contribution >= 4 is 11.7 Å². The van der Waals surface area contributed by atoms with Gasteiger partial charge in [-0.3, -0.25) is 4.79 Å². The molecule has 6 nitrogen and oxygen atoms in total. The van der Waals surface area contributed by atoms with E-state index in [4.69, 9.17) is 10.1 Å². The SMILES string of the molecule is CC1Cn2c(cc3c(c2=O)COC(=O)[C@H]3O)C1=N. The normalized spacial score (nSPS) is 25.7. The molecule has 2 atom stereocenters. The Labute approximate surface area is 102 Å². The molecule has 3 heterocycles. The van der Waals surface area contributed by atoms with Gasteiger partial charge in [0.25, 0.3) is 5.56 Å². The zero-order chi connectivity index (χ0) is 13.0. The van der Waals surface area contributed by atoms with Gasteiger partial charge in [0, 0.05) is 18.0 Å². The number of nitrogens with zero attached hydrogens (tertiary/aromatic N) is 1. The number of carbonyl (C=O) groups excluding carboxylic acids is 1. The van der Waals surface area contributed by atoms with Crippen molar-refractivity contribution < 1.29 is 14.6 Å². The van der Waals surface area contributed by atoms with Gasteiger partial charge >= 0.3 is 5.97 Å². The van der Waals surface area contributed by atoms with Crippen molar-refractivity contribution in [3.05, 3.63) is 33.2 Å². The zero-order valence-electron chi connectivity index (χ0n) is 9.77. The summed E-state index contributed by atoms with van der Waals surface area (Å²) >= 11 is 0. The quantitative estimate of drug-likeness (QED) is 0.630. The minimum Gasteiger partial charge on any atom is -0.458 e. The van der Waals surface area contributed by atoms with Crippen LogP contribution in [0.4, 0.5) is 0 Å². The number of hydrogen-bond acceptors (Lipinski definition) is 5. The van der Waals surface area contributed by atoms with Gasteiger partial charge in [-0.2, -0.15) is 0 Å². The van der Waals surface area contributed by atoms with Gasteiger partial charge in [-0.15, -0.1) is 0 Å². The van der Waals surface area contributed by atoms with Gasteiger partial charge in [0.2, 0.25) is 0 Å². The number of rotatable bonds is 0. The first-order valence-electron chi connectivity index (χ1n) is 5.71. The number of aliphatic hydroxyl groups is 1. The van der Waals surface area contributed by atoms with Crippen LogP contribution in [-0.2, 0) is 22.7 Å². The van der Waals surface area contributed by atoms with Crippen LogP contribution in [0.15, 0.2) is 10.9 Å². The Balaban J connectivity index is 2.27. The number of nitrogens with one attached hydrogen (secondary N) is 1. The van der Waals surface area contributed by atoms with Crippen LogP contribution in [0.5, 0.6) is 0 Å². The van der Waals surface area contributed by atoms with Gasteiger partial charge in [0.1, 0.15) is 6.61 Å². The number of aromatic nitrogens is 1. The standard InChI is InChI=1S/C12H12N2O4/c1-5-3-14-8(9(5)13)2-6-7(11(14)16)4-18-12(17)10(6)15/h2,5,10,13,15H,3-4H2,1H3/t5?,10-/m0/s1. The molecule has 0 saturated heterocycles. The molecule has 0 aliphatic carbocycles. The van der Waals surface area contributed by atoms with Gasteiger partial charge in [-0.1, -0.05) is 6.92 Å². The highest BCUT2D eigenvalue weighted by Gasteiger charge is 2.34. The van der Waals surface area contributed by atoms with Crippen molar-refractivity contribution in [3.8, 4) is 0 Å². The van der Waals surface area contributed by atoms with E-state index in [-0.39, 0.29) is 23.6 Å². The molecule has 1 aromatic rings. The van der Waals surface area contributed by atoms with Gasteiger partial charge in [0.05, 0.1) is 17.0 Å². The summed E-state index contributed by atoms with van der Waals surface area (Å²) in [6, 6.07) is 1.56. The maximum Gasteiger partial charge on any atom is 0.340 e. The van der Waals surface area contributed by atoms with Crippen LogP contribution in [0.1, 0.15) is 29.8 Å². The predicted molar refractivity (Wildman–Crippen MR) is 61.5 cm³/mol. The molecule has 0 bridgehead atoms. The Bertz CT molecular complexity index is 632. The van der Waals surface area contributed by atoms with E-state index >= 15 is 0 Å². The highest BCUT2D eigenvalue weighted by molar-refractivity contribution is 6.00. The number of hydrogen-bond donors (Lipinski definition) is 2. The molecule has 0 radical (unpaired) electrons. The molecule has 0 saturated carbocycles. The fourth-order valence-electron chi connectivity index (χ4n) is 2.47. The van der Waals surface area contributed by atoms with E-state index in [1.807, 2.05) is 6.92 Å². The van der Waals surface area contributed by atoms with E-state index in [9.17, 15) is 14.7 Å². The molecule has 1 unspecified atom stereocenters. The van der Waals surface area contributed by atoms with Crippen molar-refractivity contribution in [1.29, 1.82) is 5.41 Å². The van der Waals surface area contributed by atoms with Gasteiger partial charge < -0.3 is 19.8 Å². The summed E-state index contributed by atoms with van der Waals surface area (Å²) < 4.78 is 6.27. The van der Waals surface area contributed by atoms with Gasteiger partial charge in [-0.05, 0) is 6.07 Å². The highest BCUT2D eigenvalue weighted by atomic mass is 16.5. The molecule has 6 heteroatoms. The van der Waals surface area contributed by atoms with Crippen LogP contribution in [-0.4, -0.2) is 21.4 Å². The molecule has 2 aliphatic heterocycles. The minimum absolute atomic E-state index is 0.0321. The van der Waals surface area contributed by atoms with Crippen molar-refractivity contribution in [2.75, 3.05) is 0 Å². The average molecular weight is 248 g/mol. The first kappa shape index (κ1) is 11.2. The molecule has 2 aliphatic rings. The van der Waals surface area contributed by atoms with Gasteiger partial charge in [-0.25, -0.2) is 4.79 Å². The monoisotopic (exact) mass is 248 g/mol. The summed E-state index contributed by atoms with van der Waals surface area (Å²) in [5.74, 6) is -0.778. The lowest BCUT2D eigenvalue weighted by atomic mass is 9.99. The second-order valence-electron chi connectivity index (χ2n) is 4.70. The second kappa shape index (κ2) is 3.52. The Hall–Kier alpha value is -1.95. The number of aliphatic hydroxyl groups excluding tert-OH is 1. The molecule has 94 valence electrons. The number of ether oxygens (including phenoxy) is 1. The number of cyclic esters (lactones) is 1. The maximum atomic E-state index is 12.2. The third-order valence-electron chi connectivity index (χ3n) is 3.54. The van der Waals surface area contributed by atoms with Crippen molar-refractivity contribution in [2.45, 2.75) is 26.2 Å². The summed E-state index contributed by atoms with van der Waals surface area (Å²) in [7, 11) is 0. The number of fused-ring (bicyclic) bond motifs is 2. The van der Waals surface area contributed by atoms with Crippen LogP contribution in [0.25, 0.3) is 0 Å². The lowest BCUT2D eigenvalue weighted by molar-refractivity contribution is -0.157. The molecule has 1 aromatic heterocycles. The number of pyridine rings is 1. The maximum absolute atomic E-state index is 12.2. The van der Waals surface area contributed by atoms with Gasteiger partial charge in [0.15, 0.2) is 6.10 Å². The lowest BCUT2D eigenvalue weighted by Crippen LogP contribution is -2.33. The number of esters is 1. The third kappa shape index (κ3) is 1.29. The summed E-state index contributed by atoms with van der Waals surface area (Å²) in [5.41, 5.74) is 1.17. The average Bonchev–Trinajstić information content (AvgIpc) is 2.63. The van der Waals surface area contributed by atoms with Crippen molar-refractivity contribution in [2.24, 2.45) is 5.92 Å². The molecule has 2 N–H and O–H groups in total. The van der Waals surface area contributed by atoms with E-state index < -0.39 is 12.1 Å². The van der Waals surface area contributed by atoms with E-state index in [2.05, 4.69) is 0 Å². The molecule has 0 amide bonds. The fourth-order valence-corrected chi connectivity index (χ4v) is 2.47. The lowest BCUT2D eigenvalue weighted by Gasteiger charge is -2.21. The highest BCUT2D eigenvalue weighted by Crippen LogP contribution is 2.27. The first-order valence-corrected chi connectivity index (χ1v) is 5.71. The first-order chi connectivity index (χ1) is 8.50. The Morgan fingerprint density at radius 2 is 2.22 bits per heavy atom. The Morgan fingerprint density at radius 3 is 2.94 bits per heavy atom. The van der Waals surface area contributed by atoms with Crippen LogP contribution < -0.4 is 5.56 Å². The minimum atomic E-state index is -1.42. The van der Waals surface area contributed by atoms with Crippen LogP contribution in [0.2, 0.25) is 0 Å². The van der Waals surface area contributed by atoms with E-state index in [1.54, 1.807) is 6.07 Å². The fraction of sp³-hybridized carbons (Fsp3) is 0.417. The molecular formula is C12H12N2O4. The third-order valence-corrected chi connectivity index (χ3v) is 3.54. The molecular weight excluding hydrogens is 236 g/mol. The summed E-state index contributed by atoms with van der Waals surface area (Å²) in [6.07, 6.45) is -1.42. The van der Waals surface area contributed by atoms with E-state index in [1.165, 1.54) is 4.57 Å². The summed E-state index contributed by atoms with van der Waals surface area (Å²) in [6.45, 7) is 2.22. The van der Waals surface area contributed by atoms with Crippen molar-refractivity contribution in [1.82, 2.24) is 4.57 Å². The summed E-state index contributed by atoms with van der Waals surface area (Å²) in [4.78, 5) is 23.5. The molecule has 3 rings (SSSR count). The van der Waals surface area contributed by atoms with E-state index in [0.29, 0.717) is 23.5 Å². The smallest absolute Gasteiger partial charge is 0.340 e. The van der Waals surface area contributed by atoms with Crippen molar-refractivity contribution in [3.63, 3.8) is 0 Å². The molecule has 0 fully saturated rings. The largest absolute Gasteiger partial charge is 0.458 e. The van der Waals surface area contributed by atoms with Crippen LogP contribution >= 0.6 is 0 Å².